The highest BCUT2D eigenvalue weighted by atomic mass is 32.1. The monoisotopic (exact) mass is 543 g/mol. The SMILES string of the molecule is CCN(CC)C/C=C/C(=O)N1CCc2cc(C#N)sc2C1.CCn1cc(-c2ccccc2)c(C(F)(F)F)n1. The van der Waals surface area contributed by atoms with E-state index in [1.807, 2.05) is 17.0 Å². The van der Waals surface area contributed by atoms with Crippen LogP contribution in [0.5, 0.6) is 0 Å². The lowest BCUT2D eigenvalue weighted by atomic mass is 10.1. The Balaban J connectivity index is 0.000000215. The van der Waals surface area contributed by atoms with Crippen molar-refractivity contribution in [2.45, 2.75) is 46.5 Å². The Kier molecular flexibility index (Phi) is 10.3. The highest BCUT2D eigenvalue weighted by Gasteiger charge is 2.37. The number of hydrogen-bond acceptors (Lipinski definition) is 5. The Hall–Kier alpha value is -3.42. The summed E-state index contributed by atoms with van der Waals surface area (Å²) in [5.41, 5.74) is 1.05. The van der Waals surface area contributed by atoms with Crippen LogP contribution >= 0.6 is 11.3 Å². The Morgan fingerprint density at radius 3 is 2.53 bits per heavy atom. The molecule has 0 spiro atoms. The quantitative estimate of drug-likeness (QED) is 0.344. The van der Waals surface area contributed by atoms with Gasteiger partial charge in [0.2, 0.25) is 5.91 Å². The zero-order valence-corrected chi connectivity index (χ0v) is 22.6. The number of likely N-dealkylation sites (N-methyl/N-ethyl adjacent to an activating group) is 1. The molecule has 0 aliphatic carbocycles. The summed E-state index contributed by atoms with van der Waals surface area (Å²) >= 11 is 1.51. The van der Waals surface area contributed by atoms with Crippen LogP contribution < -0.4 is 0 Å². The van der Waals surface area contributed by atoms with Gasteiger partial charge in [-0.1, -0.05) is 50.3 Å². The van der Waals surface area contributed by atoms with Crippen LogP contribution in [0.1, 0.15) is 41.8 Å². The maximum Gasteiger partial charge on any atom is 0.435 e. The number of nitrogens with zero attached hydrogens (tertiary/aromatic N) is 5. The topological polar surface area (TPSA) is 65.2 Å². The molecule has 1 aliphatic rings. The number of rotatable bonds is 7. The number of amides is 1. The number of thiophene rings is 1. The molecular weight excluding hydrogens is 511 g/mol. The number of hydrogen-bond donors (Lipinski definition) is 0. The van der Waals surface area contributed by atoms with Crippen LogP contribution in [-0.2, 0) is 30.5 Å². The first-order valence-corrected chi connectivity index (χ1v) is 13.4. The van der Waals surface area contributed by atoms with Crippen LogP contribution in [-0.4, -0.2) is 51.7 Å². The number of carbonyl (C=O) groups is 1. The van der Waals surface area contributed by atoms with Crippen LogP contribution in [0.2, 0.25) is 0 Å². The first-order valence-electron chi connectivity index (χ1n) is 12.6. The second-order valence-electron chi connectivity index (χ2n) is 8.68. The summed E-state index contributed by atoms with van der Waals surface area (Å²) in [6.45, 7) is 10.6. The van der Waals surface area contributed by atoms with Crippen LogP contribution in [0, 0.1) is 11.3 Å². The van der Waals surface area contributed by atoms with Gasteiger partial charge in [-0.25, -0.2) is 0 Å². The molecule has 38 heavy (non-hydrogen) atoms. The lowest BCUT2D eigenvalue weighted by molar-refractivity contribution is -0.141. The van der Waals surface area contributed by atoms with Crippen LogP contribution in [0.4, 0.5) is 13.2 Å². The van der Waals surface area contributed by atoms with Gasteiger partial charge in [-0.2, -0.15) is 23.5 Å². The molecule has 1 amide bonds. The van der Waals surface area contributed by atoms with E-state index in [0.29, 0.717) is 18.7 Å². The maximum atomic E-state index is 12.8. The minimum Gasteiger partial charge on any atom is -0.334 e. The molecular formula is C28H32F3N5OS. The minimum atomic E-state index is -4.43. The van der Waals surface area contributed by atoms with Crippen molar-refractivity contribution in [1.29, 1.82) is 5.26 Å². The molecule has 1 aliphatic heterocycles. The molecule has 0 unspecified atom stereocenters. The van der Waals surface area contributed by atoms with Crippen molar-refractivity contribution in [2.75, 3.05) is 26.2 Å². The molecule has 3 heterocycles. The summed E-state index contributed by atoms with van der Waals surface area (Å²) in [5.74, 6) is 0.0692. The molecule has 3 aromatic rings. The van der Waals surface area contributed by atoms with Gasteiger partial charge in [-0.3, -0.25) is 9.48 Å². The number of halogens is 3. The number of aromatic nitrogens is 2. The zero-order chi connectivity index (χ0) is 27.7. The van der Waals surface area contributed by atoms with Crippen molar-refractivity contribution in [3.8, 4) is 17.2 Å². The molecule has 0 saturated carbocycles. The van der Waals surface area contributed by atoms with Gasteiger partial charge in [0.05, 0.1) is 6.54 Å². The number of alkyl halides is 3. The van der Waals surface area contributed by atoms with E-state index in [0.717, 1.165) is 42.4 Å². The largest absolute Gasteiger partial charge is 0.435 e. The fraction of sp³-hybridized carbons (Fsp3) is 0.393. The van der Waals surface area contributed by atoms with E-state index in [9.17, 15) is 18.0 Å². The molecule has 202 valence electrons. The van der Waals surface area contributed by atoms with E-state index in [1.165, 1.54) is 27.8 Å². The van der Waals surface area contributed by atoms with E-state index in [2.05, 4.69) is 29.9 Å². The molecule has 0 saturated heterocycles. The number of benzene rings is 1. The van der Waals surface area contributed by atoms with Crippen LogP contribution in [0.15, 0.2) is 54.7 Å². The van der Waals surface area contributed by atoms with Gasteiger partial charge in [0.1, 0.15) is 10.9 Å². The summed E-state index contributed by atoms with van der Waals surface area (Å²) < 4.78 is 39.7. The van der Waals surface area contributed by atoms with E-state index >= 15 is 0 Å². The van der Waals surface area contributed by atoms with Crippen molar-refractivity contribution >= 4 is 17.2 Å². The standard InChI is InChI=1S/C16H21N3OS.C12H11F3N2/c1-3-18(4-2)8-5-6-16(20)19-9-7-13-10-14(11-17)21-15(13)12-19;1-2-17-8-10(9-6-4-3-5-7-9)11(16-17)12(13,14)15/h5-6,10H,3-4,7-9,12H2,1-2H3;3-8H,2H2,1H3/b6-5+;. The maximum absolute atomic E-state index is 12.8. The summed E-state index contributed by atoms with van der Waals surface area (Å²) in [4.78, 5) is 18.2. The van der Waals surface area contributed by atoms with E-state index in [1.54, 1.807) is 43.3 Å². The molecule has 0 N–H and O–H groups in total. The molecule has 6 nitrogen and oxygen atoms in total. The predicted molar refractivity (Wildman–Crippen MR) is 143 cm³/mol. The molecule has 10 heteroatoms. The lowest BCUT2D eigenvalue weighted by Crippen LogP contribution is -2.34. The third kappa shape index (κ3) is 7.55. The summed E-state index contributed by atoms with van der Waals surface area (Å²) in [7, 11) is 0. The Morgan fingerprint density at radius 1 is 1.21 bits per heavy atom. The van der Waals surface area contributed by atoms with Crippen molar-refractivity contribution in [2.24, 2.45) is 0 Å². The normalized spacial score (nSPS) is 13.3. The molecule has 0 radical (unpaired) electrons. The molecule has 2 aromatic heterocycles. The van der Waals surface area contributed by atoms with Crippen molar-refractivity contribution in [1.82, 2.24) is 19.6 Å². The van der Waals surface area contributed by atoms with E-state index in [4.69, 9.17) is 5.26 Å². The smallest absolute Gasteiger partial charge is 0.334 e. The molecule has 0 bridgehead atoms. The third-order valence-electron chi connectivity index (χ3n) is 6.26. The lowest BCUT2D eigenvalue weighted by Gasteiger charge is -2.25. The second-order valence-corrected chi connectivity index (χ2v) is 9.82. The van der Waals surface area contributed by atoms with Gasteiger partial charge in [-0.05, 0) is 43.6 Å². The Labute approximate surface area is 225 Å². The van der Waals surface area contributed by atoms with Crippen molar-refractivity contribution < 1.29 is 18.0 Å². The molecule has 0 atom stereocenters. The first-order chi connectivity index (χ1) is 18.2. The van der Waals surface area contributed by atoms with Crippen molar-refractivity contribution in [3.05, 3.63) is 75.8 Å². The van der Waals surface area contributed by atoms with Gasteiger partial charge < -0.3 is 9.80 Å². The van der Waals surface area contributed by atoms with Crippen LogP contribution in [0.3, 0.4) is 0 Å². The fourth-order valence-corrected chi connectivity index (χ4v) is 5.10. The van der Waals surface area contributed by atoms with Crippen LogP contribution in [0.25, 0.3) is 11.1 Å². The van der Waals surface area contributed by atoms with Gasteiger partial charge in [0.25, 0.3) is 0 Å². The zero-order valence-electron chi connectivity index (χ0n) is 21.8. The molecule has 0 fully saturated rings. The van der Waals surface area contributed by atoms with E-state index < -0.39 is 11.9 Å². The summed E-state index contributed by atoms with van der Waals surface area (Å²) in [6.07, 6.45) is 1.48. The average Bonchev–Trinajstić information content (AvgIpc) is 3.56. The summed E-state index contributed by atoms with van der Waals surface area (Å²) in [6, 6.07) is 12.6. The van der Waals surface area contributed by atoms with Gasteiger partial charge in [0.15, 0.2) is 5.69 Å². The van der Waals surface area contributed by atoms with Gasteiger partial charge in [0, 0.05) is 42.3 Å². The molecule has 4 rings (SSSR count). The number of aryl methyl sites for hydroxylation is 1. The predicted octanol–water partition coefficient (Wildman–Crippen LogP) is 5.99. The highest BCUT2D eigenvalue weighted by Crippen LogP contribution is 2.35. The number of carbonyl (C=O) groups excluding carboxylic acids is 1. The number of fused-ring (bicyclic) bond motifs is 1. The summed E-state index contributed by atoms with van der Waals surface area (Å²) in [5, 5.41) is 12.5. The Morgan fingerprint density at radius 2 is 1.92 bits per heavy atom. The van der Waals surface area contributed by atoms with Gasteiger partial charge in [-0.15, -0.1) is 11.3 Å². The second kappa shape index (κ2) is 13.4. The minimum absolute atomic E-state index is 0.0692. The average molecular weight is 544 g/mol. The van der Waals surface area contributed by atoms with Crippen molar-refractivity contribution in [3.63, 3.8) is 0 Å². The van der Waals surface area contributed by atoms with E-state index in [-0.39, 0.29) is 11.5 Å². The fourth-order valence-electron chi connectivity index (χ4n) is 4.07. The molecule has 1 aromatic carbocycles. The third-order valence-corrected chi connectivity index (χ3v) is 7.33. The Bertz CT molecular complexity index is 1270. The number of nitriles is 1. The van der Waals surface area contributed by atoms with Gasteiger partial charge >= 0.3 is 6.18 Å². The first kappa shape index (κ1) is 29.1. The highest BCUT2D eigenvalue weighted by molar-refractivity contribution is 7.12.